The van der Waals surface area contributed by atoms with Gasteiger partial charge in [0.25, 0.3) is 10.0 Å². The average molecular weight is 386 g/mol. The van der Waals surface area contributed by atoms with Gasteiger partial charge >= 0.3 is 0 Å². The number of rotatable bonds is 6. The van der Waals surface area contributed by atoms with Crippen LogP contribution in [0.5, 0.6) is 11.5 Å². The highest BCUT2D eigenvalue weighted by Crippen LogP contribution is 2.29. The van der Waals surface area contributed by atoms with Crippen molar-refractivity contribution in [2.45, 2.75) is 11.8 Å². The molecule has 2 aromatic carbocycles. The van der Waals surface area contributed by atoms with Crippen molar-refractivity contribution in [2.24, 2.45) is 0 Å². The van der Waals surface area contributed by atoms with Crippen molar-refractivity contribution in [1.29, 1.82) is 0 Å². The van der Waals surface area contributed by atoms with Crippen molar-refractivity contribution in [3.63, 3.8) is 0 Å². The Morgan fingerprint density at radius 1 is 1.14 bits per heavy atom. The van der Waals surface area contributed by atoms with Gasteiger partial charge in [0.1, 0.15) is 16.4 Å². The summed E-state index contributed by atoms with van der Waals surface area (Å²) in [5, 5.41) is 0. The minimum absolute atomic E-state index is 0.0678. The van der Waals surface area contributed by atoms with Crippen LogP contribution in [0.4, 0.5) is 5.69 Å². The van der Waals surface area contributed by atoms with Crippen molar-refractivity contribution >= 4 is 31.6 Å². The smallest absolute Gasteiger partial charge is 0.265 e. The van der Waals surface area contributed by atoms with Crippen LogP contribution in [0.15, 0.2) is 51.8 Å². The number of benzene rings is 2. The van der Waals surface area contributed by atoms with Crippen LogP contribution in [-0.4, -0.2) is 22.1 Å². The van der Waals surface area contributed by atoms with E-state index in [9.17, 15) is 8.42 Å². The minimum atomic E-state index is -3.75. The van der Waals surface area contributed by atoms with Crippen molar-refractivity contribution < 1.29 is 17.9 Å². The Bertz CT molecular complexity index is 745. The van der Waals surface area contributed by atoms with Crippen LogP contribution in [-0.2, 0) is 10.0 Å². The molecule has 0 atom stereocenters. The van der Waals surface area contributed by atoms with Gasteiger partial charge in [0.05, 0.1) is 13.7 Å². The van der Waals surface area contributed by atoms with Gasteiger partial charge in [-0.2, -0.15) is 0 Å². The molecule has 0 aromatic heterocycles. The van der Waals surface area contributed by atoms with Crippen molar-refractivity contribution in [2.75, 3.05) is 18.4 Å². The van der Waals surface area contributed by atoms with Gasteiger partial charge in [-0.25, -0.2) is 8.42 Å². The number of anilines is 1. The molecule has 2 rings (SSSR count). The minimum Gasteiger partial charge on any atom is -0.495 e. The second-order valence-electron chi connectivity index (χ2n) is 4.36. The Hall–Kier alpha value is -1.73. The van der Waals surface area contributed by atoms with Crippen LogP contribution in [0, 0.1) is 0 Å². The molecule has 0 unspecified atom stereocenters. The zero-order chi connectivity index (χ0) is 16.2. The van der Waals surface area contributed by atoms with Gasteiger partial charge in [0.15, 0.2) is 0 Å². The van der Waals surface area contributed by atoms with E-state index < -0.39 is 10.0 Å². The third-order valence-corrected chi connectivity index (χ3v) is 4.73. The quantitative estimate of drug-likeness (QED) is 0.823. The molecule has 22 heavy (non-hydrogen) atoms. The fourth-order valence-electron chi connectivity index (χ4n) is 1.86. The van der Waals surface area contributed by atoms with E-state index in [1.807, 2.05) is 6.92 Å². The third-order valence-electron chi connectivity index (χ3n) is 2.83. The van der Waals surface area contributed by atoms with E-state index in [1.165, 1.54) is 13.2 Å². The molecule has 0 radical (unpaired) electrons. The van der Waals surface area contributed by atoms with Crippen LogP contribution in [0.2, 0.25) is 0 Å². The highest BCUT2D eigenvalue weighted by Gasteiger charge is 2.20. The summed E-state index contributed by atoms with van der Waals surface area (Å²) < 4.78 is 38.6. The summed E-state index contributed by atoms with van der Waals surface area (Å²) in [4.78, 5) is 0.0678. The largest absolute Gasteiger partial charge is 0.495 e. The molecule has 0 aliphatic carbocycles. The molecule has 0 aliphatic rings. The summed E-state index contributed by atoms with van der Waals surface area (Å²) >= 11 is 3.27. The van der Waals surface area contributed by atoms with Crippen LogP contribution < -0.4 is 14.2 Å². The molecule has 0 bridgehead atoms. The monoisotopic (exact) mass is 385 g/mol. The predicted molar refractivity (Wildman–Crippen MR) is 89.1 cm³/mol. The molecule has 1 N–H and O–H groups in total. The van der Waals surface area contributed by atoms with Gasteiger partial charge in [-0.15, -0.1) is 0 Å². The number of ether oxygens (including phenoxy) is 2. The van der Waals surface area contributed by atoms with Crippen LogP contribution in [0.3, 0.4) is 0 Å². The molecule has 0 amide bonds. The van der Waals surface area contributed by atoms with Gasteiger partial charge < -0.3 is 9.47 Å². The first kappa shape index (κ1) is 16.6. The summed E-state index contributed by atoms with van der Waals surface area (Å²) in [6.45, 7) is 2.44. The maximum atomic E-state index is 12.5. The van der Waals surface area contributed by atoms with Gasteiger partial charge in [0.2, 0.25) is 0 Å². The van der Waals surface area contributed by atoms with E-state index in [0.29, 0.717) is 22.5 Å². The average Bonchev–Trinajstić information content (AvgIpc) is 2.49. The summed E-state index contributed by atoms with van der Waals surface area (Å²) in [6, 6.07) is 11.5. The molecule has 0 spiro atoms. The standard InChI is InChI=1S/C15H16BrNO4S/c1-3-21-13-7-5-12(6-8-13)17-22(18,19)15-10-11(16)4-9-14(15)20-2/h4-10,17H,3H2,1-2H3. The van der Waals surface area contributed by atoms with Gasteiger partial charge in [0, 0.05) is 10.2 Å². The number of methoxy groups -OCH3 is 1. The van der Waals surface area contributed by atoms with E-state index in [4.69, 9.17) is 9.47 Å². The predicted octanol–water partition coefficient (Wildman–Crippen LogP) is 3.66. The molecular formula is C15H16BrNO4S. The van der Waals surface area contributed by atoms with Crippen molar-refractivity contribution in [3.05, 3.63) is 46.9 Å². The topological polar surface area (TPSA) is 64.6 Å². The lowest BCUT2D eigenvalue weighted by atomic mass is 10.3. The lowest BCUT2D eigenvalue weighted by Gasteiger charge is -2.12. The Labute approximate surface area is 138 Å². The molecule has 0 fully saturated rings. The molecule has 7 heteroatoms. The third kappa shape index (κ3) is 3.92. The first-order valence-electron chi connectivity index (χ1n) is 6.55. The zero-order valence-electron chi connectivity index (χ0n) is 12.2. The second-order valence-corrected chi connectivity index (χ2v) is 6.92. The Kier molecular flexibility index (Phi) is 5.31. The van der Waals surface area contributed by atoms with Crippen LogP contribution >= 0.6 is 15.9 Å². The summed E-state index contributed by atoms with van der Waals surface area (Å²) in [5.74, 6) is 0.965. The molecule has 0 aliphatic heterocycles. The normalized spacial score (nSPS) is 11.0. The number of halogens is 1. The Balaban J connectivity index is 2.29. The molecule has 2 aromatic rings. The van der Waals surface area contributed by atoms with Crippen LogP contribution in [0.25, 0.3) is 0 Å². The van der Waals surface area contributed by atoms with E-state index in [2.05, 4.69) is 20.7 Å². The Morgan fingerprint density at radius 2 is 1.82 bits per heavy atom. The van der Waals surface area contributed by atoms with E-state index in [-0.39, 0.29) is 10.6 Å². The molecule has 0 heterocycles. The lowest BCUT2D eigenvalue weighted by Crippen LogP contribution is -2.14. The van der Waals surface area contributed by atoms with Crippen molar-refractivity contribution in [3.8, 4) is 11.5 Å². The van der Waals surface area contributed by atoms with Crippen molar-refractivity contribution in [1.82, 2.24) is 0 Å². The van der Waals surface area contributed by atoms with Gasteiger partial charge in [-0.05, 0) is 49.4 Å². The van der Waals surface area contributed by atoms with E-state index >= 15 is 0 Å². The molecular weight excluding hydrogens is 370 g/mol. The van der Waals surface area contributed by atoms with Gasteiger partial charge in [-0.1, -0.05) is 15.9 Å². The lowest BCUT2D eigenvalue weighted by molar-refractivity contribution is 0.340. The zero-order valence-corrected chi connectivity index (χ0v) is 14.6. The molecule has 5 nitrogen and oxygen atoms in total. The SMILES string of the molecule is CCOc1ccc(NS(=O)(=O)c2cc(Br)ccc2OC)cc1. The number of hydrogen-bond donors (Lipinski definition) is 1. The summed E-state index contributed by atoms with van der Waals surface area (Å²) in [6.07, 6.45) is 0. The first-order valence-corrected chi connectivity index (χ1v) is 8.83. The first-order chi connectivity index (χ1) is 10.5. The van der Waals surface area contributed by atoms with E-state index in [0.717, 1.165) is 0 Å². The van der Waals surface area contributed by atoms with Crippen LogP contribution in [0.1, 0.15) is 6.92 Å². The Morgan fingerprint density at radius 3 is 2.41 bits per heavy atom. The number of hydrogen-bond acceptors (Lipinski definition) is 4. The summed E-state index contributed by atoms with van der Waals surface area (Å²) in [7, 11) is -2.32. The molecule has 0 saturated heterocycles. The number of nitrogens with one attached hydrogen (secondary N) is 1. The van der Waals surface area contributed by atoms with Gasteiger partial charge in [-0.3, -0.25) is 4.72 Å². The highest BCUT2D eigenvalue weighted by atomic mass is 79.9. The maximum Gasteiger partial charge on any atom is 0.265 e. The molecule has 118 valence electrons. The summed E-state index contributed by atoms with van der Waals surface area (Å²) in [5.41, 5.74) is 0.450. The highest BCUT2D eigenvalue weighted by molar-refractivity contribution is 9.10. The maximum absolute atomic E-state index is 12.5. The second kappa shape index (κ2) is 7.02. The fourth-order valence-corrected chi connectivity index (χ4v) is 3.62. The van der Waals surface area contributed by atoms with E-state index in [1.54, 1.807) is 36.4 Å². The fraction of sp³-hybridized carbons (Fsp3) is 0.200. The number of sulfonamides is 1. The molecule has 0 saturated carbocycles.